The Balaban J connectivity index is 1.14. The molecule has 3 fully saturated rings. The van der Waals surface area contributed by atoms with Crippen LogP contribution in [0.25, 0.3) is 0 Å². The van der Waals surface area contributed by atoms with Crippen molar-refractivity contribution in [2.75, 3.05) is 58.9 Å². The van der Waals surface area contributed by atoms with Crippen LogP contribution in [-0.4, -0.2) is 120 Å². The first-order valence-electron chi connectivity index (χ1n) is 16.5. The van der Waals surface area contributed by atoms with Crippen molar-refractivity contribution < 1.29 is 35.9 Å². The second-order valence-corrected chi connectivity index (χ2v) is 13.1. The number of nitrogens with zero attached hydrogens (tertiary/aromatic N) is 6. The fraction of sp³-hybridized carbons (Fsp3) is 0.559. The molecule has 6 rings (SSSR count). The highest BCUT2D eigenvalue weighted by Crippen LogP contribution is 2.37. The molecule has 0 saturated carbocycles. The minimum absolute atomic E-state index is 0.00473. The van der Waals surface area contributed by atoms with Gasteiger partial charge in [0.05, 0.1) is 24.0 Å². The van der Waals surface area contributed by atoms with Crippen molar-refractivity contribution in [1.29, 1.82) is 0 Å². The van der Waals surface area contributed by atoms with E-state index in [2.05, 4.69) is 14.8 Å². The third-order valence-electron chi connectivity index (χ3n) is 10.1. The number of hydrogen-bond acceptors (Lipinski definition) is 5. The molecule has 48 heavy (non-hydrogen) atoms. The number of hydrogen-bond donors (Lipinski definition) is 0. The van der Waals surface area contributed by atoms with Crippen LogP contribution in [0.1, 0.15) is 52.7 Å². The quantitative estimate of drug-likeness (QED) is 0.393. The lowest BCUT2D eigenvalue weighted by Crippen LogP contribution is -2.60. The number of rotatable bonds is 5. The van der Waals surface area contributed by atoms with Gasteiger partial charge in [-0.2, -0.15) is 26.3 Å². The van der Waals surface area contributed by atoms with E-state index in [4.69, 9.17) is 0 Å². The van der Waals surface area contributed by atoms with Gasteiger partial charge < -0.3 is 9.80 Å². The first kappa shape index (κ1) is 34.2. The highest BCUT2D eigenvalue weighted by molar-refractivity contribution is 5.95. The highest BCUT2D eigenvalue weighted by Gasteiger charge is 2.41. The Morgan fingerprint density at radius 2 is 1.42 bits per heavy atom. The van der Waals surface area contributed by atoms with E-state index in [9.17, 15) is 35.9 Å². The maximum atomic E-state index is 13.8. The molecule has 260 valence electrons. The monoisotopic (exact) mass is 678 g/mol. The third-order valence-corrected chi connectivity index (χ3v) is 10.1. The van der Waals surface area contributed by atoms with Crippen molar-refractivity contribution in [3.63, 3.8) is 0 Å². The minimum Gasteiger partial charge on any atom is -0.335 e. The molecule has 2 aromatic rings. The molecule has 3 amide bonds. The van der Waals surface area contributed by atoms with Gasteiger partial charge in [0.15, 0.2) is 0 Å². The summed E-state index contributed by atoms with van der Waals surface area (Å²) in [5.74, 6) is -0.826. The number of urea groups is 1. The Morgan fingerprint density at radius 1 is 0.771 bits per heavy atom. The van der Waals surface area contributed by atoms with Gasteiger partial charge in [-0.05, 0) is 55.9 Å². The van der Waals surface area contributed by atoms with E-state index in [1.807, 2.05) is 35.2 Å². The van der Waals surface area contributed by atoms with Gasteiger partial charge in [0.1, 0.15) is 0 Å². The zero-order valence-electron chi connectivity index (χ0n) is 26.6. The van der Waals surface area contributed by atoms with E-state index < -0.39 is 41.0 Å². The largest absolute Gasteiger partial charge is 0.416 e. The summed E-state index contributed by atoms with van der Waals surface area (Å²) in [4.78, 5) is 40.7. The van der Waals surface area contributed by atoms with Crippen molar-refractivity contribution in [2.45, 2.75) is 62.6 Å². The topological polar surface area (TPSA) is 62.7 Å². The lowest BCUT2D eigenvalue weighted by atomic mass is 9.90. The number of benzene rings is 2. The number of likely N-dealkylation sites (tertiary alicyclic amines) is 2. The van der Waals surface area contributed by atoms with Gasteiger partial charge in [-0.25, -0.2) is 4.79 Å². The number of aliphatic imine (C=N–C) groups is 1. The van der Waals surface area contributed by atoms with Crippen LogP contribution in [0.2, 0.25) is 0 Å². The summed E-state index contributed by atoms with van der Waals surface area (Å²) in [7, 11) is 0. The van der Waals surface area contributed by atoms with Crippen LogP contribution in [0, 0.1) is 0 Å². The SMILES string of the molecule is O=C(N1C=NCC1)N1CCCC(N2CCN(C3CCN(C(=O)c4cc(C(F)(F)F)cc(C(F)(F)F)c4)C(Cc4ccccc4)C3)CC2)C1. The zero-order valence-corrected chi connectivity index (χ0v) is 26.6. The first-order valence-corrected chi connectivity index (χ1v) is 16.5. The van der Waals surface area contributed by atoms with Gasteiger partial charge in [-0.3, -0.25) is 24.5 Å². The summed E-state index contributed by atoms with van der Waals surface area (Å²) in [5.41, 5.74) is -2.67. The Bertz CT molecular complexity index is 1440. The standard InChI is InChI=1S/C34H40F6N6O2/c35-33(36,37)26-18-25(19-27(20-26)34(38,39)40)31(47)46-11-8-28(21-30(46)17-24-5-2-1-3-6-24)42-13-15-43(16-14-42)29-7-4-10-44(22-29)32(48)45-12-9-41-23-45/h1-3,5-6,18-20,23,28-30H,4,7-17,21-22H2. The summed E-state index contributed by atoms with van der Waals surface area (Å²) in [6, 6.07) is 10.5. The van der Waals surface area contributed by atoms with Crippen molar-refractivity contribution in [3.05, 3.63) is 70.8 Å². The Morgan fingerprint density at radius 3 is 2.02 bits per heavy atom. The Kier molecular flexibility index (Phi) is 10.0. The summed E-state index contributed by atoms with van der Waals surface area (Å²) in [6.45, 7) is 6.11. The van der Waals surface area contributed by atoms with Gasteiger partial charge in [0.25, 0.3) is 5.91 Å². The molecular formula is C34H40F6N6O2. The summed E-state index contributed by atoms with van der Waals surface area (Å²) in [6.07, 6.45) is -4.96. The van der Waals surface area contributed by atoms with Crippen LogP contribution in [0.3, 0.4) is 0 Å². The number of amides is 3. The van der Waals surface area contributed by atoms with Crippen LogP contribution < -0.4 is 0 Å². The fourth-order valence-electron chi connectivity index (χ4n) is 7.55. The molecular weight excluding hydrogens is 638 g/mol. The predicted octanol–water partition coefficient (Wildman–Crippen LogP) is 5.49. The summed E-state index contributed by atoms with van der Waals surface area (Å²) < 4.78 is 81.6. The van der Waals surface area contributed by atoms with Gasteiger partial charge in [-0.1, -0.05) is 30.3 Å². The first-order chi connectivity index (χ1) is 22.9. The highest BCUT2D eigenvalue weighted by atomic mass is 19.4. The molecule has 0 radical (unpaired) electrons. The van der Waals surface area contributed by atoms with E-state index >= 15 is 0 Å². The van der Waals surface area contributed by atoms with Crippen molar-refractivity contribution in [3.8, 4) is 0 Å². The molecule has 4 aliphatic heterocycles. The molecule has 4 aliphatic rings. The maximum Gasteiger partial charge on any atom is 0.416 e. The van der Waals surface area contributed by atoms with Gasteiger partial charge in [0, 0.05) is 76.0 Å². The molecule has 0 N–H and O–H groups in total. The van der Waals surface area contributed by atoms with Crippen LogP contribution in [0.15, 0.2) is 53.5 Å². The lowest BCUT2D eigenvalue weighted by molar-refractivity contribution is -0.143. The van der Waals surface area contributed by atoms with E-state index in [1.54, 1.807) is 11.2 Å². The average molecular weight is 679 g/mol. The van der Waals surface area contributed by atoms with Gasteiger partial charge in [0.2, 0.25) is 0 Å². The van der Waals surface area contributed by atoms with Crippen molar-refractivity contribution >= 4 is 18.3 Å². The van der Waals surface area contributed by atoms with E-state index in [-0.39, 0.29) is 30.7 Å². The molecule has 0 aromatic heterocycles. The minimum atomic E-state index is -5.04. The molecule has 0 spiro atoms. The summed E-state index contributed by atoms with van der Waals surface area (Å²) >= 11 is 0. The van der Waals surface area contributed by atoms with Gasteiger partial charge >= 0.3 is 18.4 Å². The number of piperidine rings is 2. The number of alkyl halides is 6. The van der Waals surface area contributed by atoms with Crippen molar-refractivity contribution in [1.82, 2.24) is 24.5 Å². The Hall–Kier alpha value is -3.65. The van der Waals surface area contributed by atoms with E-state index in [0.29, 0.717) is 51.0 Å². The lowest BCUT2D eigenvalue weighted by Gasteiger charge is -2.48. The van der Waals surface area contributed by atoms with Crippen molar-refractivity contribution in [2.24, 2.45) is 4.99 Å². The normalized spacial score (nSPS) is 24.7. The molecule has 3 atom stereocenters. The third kappa shape index (κ3) is 7.80. The molecule has 4 heterocycles. The fourth-order valence-corrected chi connectivity index (χ4v) is 7.55. The number of halogens is 6. The number of carbonyl (C=O) groups excluding carboxylic acids is 2. The molecule has 8 nitrogen and oxygen atoms in total. The number of piperazine rings is 1. The van der Waals surface area contributed by atoms with Crippen LogP contribution in [0.5, 0.6) is 0 Å². The average Bonchev–Trinajstić information content (AvgIpc) is 3.63. The molecule has 2 aromatic carbocycles. The Labute approximate surface area is 276 Å². The molecule has 0 bridgehead atoms. The molecule has 14 heteroatoms. The molecule has 3 unspecified atom stereocenters. The molecule has 0 aliphatic carbocycles. The number of carbonyl (C=O) groups is 2. The summed E-state index contributed by atoms with van der Waals surface area (Å²) in [5, 5.41) is 0. The second kappa shape index (κ2) is 14.1. The van der Waals surface area contributed by atoms with E-state index in [0.717, 1.165) is 51.1 Å². The van der Waals surface area contributed by atoms with Crippen LogP contribution in [-0.2, 0) is 18.8 Å². The molecule has 3 saturated heterocycles. The zero-order chi connectivity index (χ0) is 34.1. The second-order valence-electron chi connectivity index (χ2n) is 13.1. The predicted molar refractivity (Wildman–Crippen MR) is 168 cm³/mol. The maximum absolute atomic E-state index is 13.8. The van der Waals surface area contributed by atoms with Crippen LogP contribution >= 0.6 is 0 Å². The van der Waals surface area contributed by atoms with E-state index in [1.165, 1.54) is 4.90 Å². The smallest absolute Gasteiger partial charge is 0.335 e. The van der Waals surface area contributed by atoms with Crippen LogP contribution in [0.4, 0.5) is 31.1 Å². The van der Waals surface area contributed by atoms with Gasteiger partial charge in [-0.15, -0.1) is 0 Å².